The lowest BCUT2D eigenvalue weighted by Crippen LogP contribution is -2.28. The second-order valence-corrected chi connectivity index (χ2v) is 5.86. The number of hydrogen-bond acceptors (Lipinski definition) is 6. The van der Waals surface area contributed by atoms with E-state index in [4.69, 9.17) is 4.74 Å². The summed E-state index contributed by atoms with van der Waals surface area (Å²) in [7, 11) is 5.96. The van der Waals surface area contributed by atoms with E-state index < -0.39 is 0 Å². The molecule has 1 unspecified atom stereocenters. The van der Waals surface area contributed by atoms with E-state index in [0.717, 1.165) is 43.7 Å². The standard InChI is InChI=1S/C15H27N5O/c1-19-6-4-13(11-19)12-20(2)15-17-9-14(10-18-15)8-16-5-7-21-3/h9-10,13,16H,4-8,11-12H2,1-3H3. The molecular formula is C15H27N5O. The summed E-state index contributed by atoms with van der Waals surface area (Å²) in [5, 5.41) is 3.29. The molecular weight excluding hydrogens is 266 g/mol. The van der Waals surface area contributed by atoms with Crippen LogP contribution in [0.5, 0.6) is 0 Å². The molecule has 1 fully saturated rings. The minimum absolute atomic E-state index is 0.720. The van der Waals surface area contributed by atoms with Crippen LogP contribution in [0.3, 0.4) is 0 Å². The molecule has 0 radical (unpaired) electrons. The molecule has 1 aromatic rings. The molecule has 1 aliphatic heterocycles. The van der Waals surface area contributed by atoms with Crippen molar-refractivity contribution in [1.29, 1.82) is 0 Å². The van der Waals surface area contributed by atoms with Crippen LogP contribution in [-0.2, 0) is 11.3 Å². The Bertz CT molecular complexity index is 411. The Morgan fingerprint density at radius 1 is 1.43 bits per heavy atom. The number of hydrogen-bond donors (Lipinski definition) is 1. The summed E-state index contributed by atoms with van der Waals surface area (Å²) in [5.74, 6) is 1.53. The molecule has 6 nitrogen and oxygen atoms in total. The van der Waals surface area contributed by atoms with Crippen LogP contribution in [0.15, 0.2) is 12.4 Å². The van der Waals surface area contributed by atoms with Crippen LogP contribution in [0, 0.1) is 5.92 Å². The number of nitrogens with zero attached hydrogens (tertiary/aromatic N) is 4. The minimum Gasteiger partial charge on any atom is -0.383 e. The van der Waals surface area contributed by atoms with Crippen molar-refractivity contribution in [2.75, 3.05) is 58.9 Å². The molecule has 1 atom stereocenters. The van der Waals surface area contributed by atoms with E-state index in [1.807, 2.05) is 12.4 Å². The van der Waals surface area contributed by atoms with Crippen molar-refractivity contribution in [3.8, 4) is 0 Å². The first kappa shape index (κ1) is 16.1. The summed E-state index contributed by atoms with van der Waals surface area (Å²) in [6, 6.07) is 0. The second-order valence-electron chi connectivity index (χ2n) is 5.86. The number of ether oxygens (including phenoxy) is 1. The fourth-order valence-electron chi connectivity index (χ4n) is 2.69. The Hall–Kier alpha value is -1.24. The zero-order chi connectivity index (χ0) is 15.1. The molecule has 6 heteroatoms. The molecule has 118 valence electrons. The van der Waals surface area contributed by atoms with Gasteiger partial charge in [-0.3, -0.25) is 0 Å². The summed E-state index contributed by atoms with van der Waals surface area (Å²) < 4.78 is 5.00. The first-order valence-electron chi connectivity index (χ1n) is 7.59. The van der Waals surface area contributed by atoms with Gasteiger partial charge in [-0.25, -0.2) is 9.97 Å². The topological polar surface area (TPSA) is 53.5 Å². The molecule has 0 aliphatic carbocycles. The van der Waals surface area contributed by atoms with E-state index in [9.17, 15) is 0 Å². The largest absolute Gasteiger partial charge is 0.383 e. The van der Waals surface area contributed by atoms with E-state index in [1.54, 1.807) is 7.11 Å². The van der Waals surface area contributed by atoms with Crippen molar-refractivity contribution in [2.45, 2.75) is 13.0 Å². The second kappa shape index (κ2) is 8.26. The molecule has 0 amide bonds. The molecule has 0 saturated carbocycles. The average Bonchev–Trinajstić information content (AvgIpc) is 2.89. The summed E-state index contributed by atoms with van der Waals surface area (Å²) in [6.07, 6.45) is 5.07. The normalized spacial score (nSPS) is 19.1. The smallest absolute Gasteiger partial charge is 0.225 e. The van der Waals surface area contributed by atoms with Crippen molar-refractivity contribution in [1.82, 2.24) is 20.2 Å². The van der Waals surface area contributed by atoms with E-state index in [2.05, 4.69) is 39.2 Å². The van der Waals surface area contributed by atoms with Crippen LogP contribution < -0.4 is 10.2 Å². The van der Waals surface area contributed by atoms with E-state index >= 15 is 0 Å². The lowest BCUT2D eigenvalue weighted by atomic mass is 10.1. The first-order chi connectivity index (χ1) is 10.2. The van der Waals surface area contributed by atoms with Gasteiger partial charge in [-0.2, -0.15) is 0 Å². The van der Waals surface area contributed by atoms with Gasteiger partial charge >= 0.3 is 0 Å². The van der Waals surface area contributed by atoms with Crippen molar-refractivity contribution in [2.24, 2.45) is 5.92 Å². The molecule has 2 rings (SSSR count). The van der Waals surface area contributed by atoms with Crippen LogP contribution in [-0.4, -0.2) is 68.9 Å². The Morgan fingerprint density at radius 2 is 2.19 bits per heavy atom. The van der Waals surface area contributed by atoms with Gasteiger partial charge in [0.25, 0.3) is 0 Å². The average molecular weight is 293 g/mol. The van der Waals surface area contributed by atoms with Gasteiger partial charge in [0, 0.05) is 58.3 Å². The number of rotatable bonds is 8. The van der Waals surface area contributed by atoms with Crippen molar-refractivity contribution in [3.05, 3.63) is 18.0 Å². The summed E-state index contributed by atoms with van der Waals surface area (Å²) in [4.78, 5) is 13.5. The van der Waals surface area contributed by atoms with Gasteiger partial charge in [0.05, 0.1) is 6.61 Å². The van der Waals surface area contributed by atoms with Crippen molar-refractivity contribution >= 4 is 5.95 Å². The van der Waals surface area contributed by atoms with Crippen LogP contribution >= 0.6 is 0 Å². The lowest BCUT2D eigenvalue weighted by molar-refractivity contribution is 0.199. The van der Waals surface area contributed by atoms with Crippen LogP contribution in [0.4, 0.5) is 5.95 Å². The molecule has 0 spiro atoms. The highest BCUT2D eigenvalue weighted by Crippen LogP contribution is 2.17. The summed E-state index contributed by atoms with van der Waals surface area (Å²) in [6.45, 7) is 5.73. The van der Waals surface area contributed by atoms with Gasteiger partial charge in [0.1, 0.15) is 0 Å². The number of aromatic nitrogens is 2. The highest BCUT2D eigenvalue weighted by atomic mass is 16.5. The first-order valence-corrected chi connectivity index (χ1v) is 7.59. The fraction of sp³-hybridized carbons (Fsp3) is 0.733. The maximum Gasteiger partial charge on any atom is 0.225 e. The molecule has 1 aliphatic rings. The lowest BCUT2D eigenvalue weighted by Gasteiger charge is -2.21. The van der Waals surface area contributed by atoms with E-state index in [-0.39, 0.29) is 0 Å². The van der Waals surface area contributed by atoms with Gasteiger partial charge in [0.15, 0.2) is 0 Å². The Labute approximate surface area is 127 Å². The molecule has 1 saturated heterocycles. The zero-order valence-electron chi connectivity index (χ0n) is 13.4. The van der Waals surface area contributed by atoms with Gasteiger partial charge < -0.3 is 19.9 Å². The van der Waals surface area contributed by atoms with Crippen LogP contribution in [0.25, 0.3) is 0 Å². The highest BCUT2D eigenvalue weighted by molar-refractivity contribution is 5.28. The molecule has 0 bridgehead atoms. The summed E-state index contributed by atoms with van der Waals surface area (Å²) >= 11 is 0. The minimum atomic E-state index is 0.720. The maximum atomic E-state index is 5.00. The number of nitrogens with one attached hydrogen (secondary N) is 1. The number of likely N-dealkylation sites (tertiary alicyclic amines) is 1. The Balaban J connectivity index is 1.78. The third-order valence-electron chi connectivity index (χ3n) is 3.87. The van der Waals surface area contributed by atoms with Gasteiger partial charge in [-0.1, -0.05) is 0 Å². The van der Waals surface area contributed by atoms with Gasteiger partial charge in [-0.05, 0) is 25.9 Å². The van der Waals surface area contributed by atoms with Crippen molar-refractivity contribution < 1.29 is 4.74 Å². The van der Waals surface area contributed by atoms with Crippen LogP contribution in [0.1, 0.15) is 12.0 Å². The predicted octanol–water partition coefficient (Wildman–Crippen LogP) is 0.601. The van der Waals surface area contributed by atoms with E-state index in [1.165, 1.54) is 19.5 Å². The maximum absolute atomic E-state index is 5.00. The Morgan fingerprint density at radius 3 is 2.81 bits per heavy atom. The zero-order valence-corrected chi connectivity index (χ0v) is 13.4. The fourth-order valence-corrected chi connectivity index (χ4v) is 2.69. The van der Waals surface area contributed by atoms with Gasteiger partial charge in [-0.15, -0.1) is 0 Å². The quantitative estimate of drug-likeness (QED) is 0.709. The number of anilines is 1. The van der Waals surface area contributed by atoms with E-state index in [0.29, 0.717) is 0 Å². The molecule has 0 aromatic carbocycles. The molecule has 1 N–H and O–H groups in total. The number of methoxy groups -OCH3 is 1. The molecule has 21 heavy (non-hydrogen) atoms. The SMILES string of the molecule is COCCNCc1cnc(N(C)CC2CCN(C)C2)nc1. The van der Waals surface area contributed by atoms with Crippen molar-refractivity contribution in [3.63, 3.8) is 0 Å². The third-order valence-corrected chi connectivity index (χ3v) is 3.87. The predicted molar refractivity (Wildman–Crippen MR) is 84.5 cm³/mol. The highest BCUT2D eigenvalue weighted by Gasteiger charge is 2.21. The Kier molecular flexibility index (Phi) is 6.35. The molecule has 1 aromatic heterocycles. The van der Waals surface area contributed by atoms with Gasteiger partial charge in [0.2, 0.25) is 5.95 Å². The monoisotopic (exact) mass is 293 g/mol. The molecule has 2 heterocycles. The third kappa shape index (κ3) is 5.22. The summed E-state index contributed by atoms with van der Waals surface area (Å²) in [5.41, 5.74) is 1.10. The van der Waals surface area contributed by atoms with Crippen LogP contribution in [0.2, 0.25) is 0 Å².